The van der Waals surface area contributed by atoms with Crippen molar-refractivity contribution in [1.82, 2.24) is 5.43 Å². The molecule has 3 nitrogen and oxygen atoms in total. The molecule has 0 amide bonds. The molecule has 0 saturated carbocycles. The number of methoxy groups -OCH3 is 1. The first-order chi connectivity index (χ1) is 9.63. The molecule has 0 saturated heterocycles. The van der Waals surface area contributed by atoms with Crippen molar-refractivity contribution in [1.29, 1.82) is 0 Å². The molecule has 106 valence electrons. The maximum atomic E-state index is 13.7. The van der Waals surface area contributed by atoms with Gasteiger partial charge < -0.3 is 4.74 Å². The molecule has 1 unspecified atom stereocenters. The first-order valence-electron chi connectivity index (χ1n) is 6.18. The third-order valence-corrected chi connectivity index (χ3v) is 3.13. The highest BCUT2D eigenvalue weighted by Gasteiger charge is 2.16. The van der Waals surface area contributed by atoms with E-state index in [1.165, 1.54) is 0 Å². The lowest BCUT2D eigenvalue weighted by Crippen LogP contribution is -2.30. The van der Waals surface area contributed by atoms with Crippen LogP contribution in [0.25, 0.3) is 0 Å². The monoisotopic (exact) mass is 278 g/mol. The van der Waals surface area contributed by atoms with E-state index in [9.17, 15) is 8.78 Å². The number of hydrogen-bond donors (Lipinski definition) is 2. The van der Waals surface area contributed by atoms with Crippen LogP contribution in [0.2, 0.25) is 0 Å². The van der Waals surface area contributed by atoms with E-state index < -0.39 is 17.7 Å². The minimum atomic E-state index is -0.501. The van der Waals surface area contributed by atoms with Gasteiger partial charge in [-0.3, -0.25) is 11.3 Å². The van der Waals surface area contributed by atoms with Gasteiger partial charge in [0.2, 0.25) is 0 Å². The average Bonchev–Trinajstić information content (AvgIpc) is 2.48. The number of nitrogens with two attached hydrogens (primary N) is 1. The SMILES string of the molecule is COc1ccc(CC(NN)c2cc(F)ccc2F)cc1. The third kappa shape index (κ3) is 3.31. The Hall–Kier alpha value is -1.98. The number of hydrazine groups is 1. The summed E-state index contributed by atoms with van der Waals surface area (Å²) in [4.78, 5) is 0. The molecule has 0 aliphatic heterocycles. The maximum Gasteiger partial charge on any atom is 0.128 e. The fourth-order valence-electron chi connectivity index (χ4n) is 2.04. The van der Waals surface area contributed by atoms with Gasteiger partial charge in [0.15, 0.2) is 0 Å². The lowest BCUT2D eigenvalue weighted by atomic mass is 9.99. The van der Waals surface area contributed by atoms with Crippen molar-refractivity contribution in [2.45, 2.75) is 12.5 Å². The van der Waals surface area contributed by atoms with Crippen molar-refractivity contribution >= 4 is 0 Å². The number of ether oxygens (including phenoxy) is 1. The van der Waals surface area contributed by atoms with E-state index in [0.717, 1.165) is 29.5 Å². The largest absolute Gasteiger partial charge is 0.497 e. The molecule has 0 spiro atoms. The molecular formula is C15H16F2N2O. The zero-order valence-electron chi connectivity index (χ0n) is 11.1. The van der Waals surface area contributed by atoms with Gasteiger partial charge in [-0.25, -0.2) is 8.78 Å². The normalized spacial score (nSPS) is 12.2. The van der Waals surface area contributed by atoms with Gasteiger partial charge in [-0.15, -0.1) is 0 Å². The number of benzene rings is 2. The molecule has 0 aromatic heterocycles. The van der Waals surface area contributed by atoms with Crippen molar-refractivity contribution < 1.29 is 13.5 Å². The van der Waals surface area contributed by atoms with Gasteiger partial charge in [0.25, 0.3) is 0 Å². The summed E-state index contributed by atoms with van der Waals surface area (Å²) in [5.74, 6) is 5.23. The zero-order valence-corrected chi connectivity index (χ0v) is 11.1. The van der Waals surface area contributed by atoms with Crippen LogP contribution in [0, 0.1) is 11.6 Å². The Morgan fingerprint density at radius 3 is 2.45 bits per heavy atom. The Kier molecular flexibility index (Phi) is 4.65. The smallest absolute Gasteiger partial charge is 0.128 e. The molecule has 2 rings (SSSR count). The lowest BCUT2D eigenvalue weighted by Gasteiger charge is -2.17. The molecule has 0 aliphatic rings. The van der Waals surface area contributed by atoms with Gasteiger partial charge in [0.05, 0.1) is 13.2 Å². The summed E-state index contributed by atoms with van der Waals surface area (Å²) in [5, 5.41) is 0. The maximum absolute atomic E-state index is 13.7. The minimum absolute atomic E-state index is 0.211. The lowest BCUT2D eigenvalue weighted by molar-refractivity contribution is 0.414. The Bertz CT molecular complexity index is 573. The van der Waals surface area contributed by atoms with Gasteiger partial charge in [-0.1, -0.05) is 12.1 Å². The fraction of sp³-hybridized carbons (Fsp3) is 0.200. The van der Waals surface area contributed by atoms with Crippen molar-refractivity contribution in [3.8, 4) is 5.75 Å². The van der Waals surface area contributed by atoms with Crippen LogP contribution in [0.1, 0.15) is 17.2 Å². The van der Waals surface area contributed by atoms with Gasteiger partial charge >= 0.3 is 0 Å². The fourth-order valence-corrected chi connectivity index (χ4v) is 2.04. The summed E-state index contributed by atoms with van der Waals surface area (Å²) in [6.45, 7) is 0. The summed E-state index contributed by atoms with van der Waals surface area (Å²) in [6, 6.07) is 10.2. The third-order valence-electron chi connectivity index (χ3n) is 3.13. The Morgan fingerprint density at radius 1 is 1.15 bits per heavy atom. The molecule has 5 heteroatoms. The first kappa shape index (κ1) is 14.4. The average molecular weight is 278 g/mol. The molecule has 1 atom stereocenters. The summed E-state index contributed by atoms with van der Waals surface area (Å²) in [6.07, 6.45) is 0.445. The Balaban J connectivity index is 2.21. The summed E-state index contributed by atoms with van der Waals surface area (Å²) in [5.41, 5.74) is 3.68. The van der Waals surface area contributed by atoms with E-state index in [4.69, 9.17) is 10.6 Å². The number of rotatable bonds is 5. The molecule has 0 heterocycles. The zero-order chi connectivity index (χ0) is 14.5. The molecule has 3 N–H and O–H groups in total. The number of nitrogens with one attached hydrogen (secondary N) is 1. The quantitative estimate of drug-likeness (QED) is 0.653. The van der Waals surface area contributed by atoms with Crippen molar-refractivity contribution in [3.63, 3.8) is 0 Å². The van der Waals surface area contributed by atoms with Gasteiger partial charge in [0, 0.05) is 5.56 Å². The van der Waals surface area contributed by atoms with E-state index in [0.29, 0.717) is 6.42 Å². The van der Waals surface area contributed by atoms with Gasteiger partial charge in [0.1, 0.15) is 17.4 Å². The van der Waals surface area contributed by atoms with Gasteiger partial charge in [-0.2, -0.15) is 0 Å². The van der Waals surface area contributed by atoms with Crippen LogP contribution >= 0.6 is 0 Å². The molecular weight excluding hydrogens is 262 g/mol. The summed E-state index contributed by atoms with van der Waals surface area (Å²) < 4.78 is 32.0. The Morgan fingerprint density at radius 2 is 1.85 bits per heavy atom. The van der Waals surface area contributed by atoms with Crippen LogP contribution in [0.4, 0.5) is 8.78 Å². The van der Waals surface area contributed by atoms with Crippen LogP contribution in [-0.2, 0) is 6.42 Å². The molecule has 0 radical (unpaired) electrons. The van der Waals surface area contributed by atoms with Gasteiger partial charge in [-0.05, 0) is 42.3 Å². The Labute approximate surface area is 116 Å². The summed E-state index contributed by atoms with van der Waals surface area (Å²) in [7, 11) is 1.58. The van der Waals surface area contributed by atoms with E-state index >= 15 is 0 Å². The predicted octanol–water partition coefficient (Wildman–Crippen LogP) is 2.72. The molecule has 2 aromatic rings. The van der Waals surface area contributed by atoms with Crippen molar-refractivity contribution in [2.24, 2.45) is 5.84 Å². The number of hydrogen-bond acceptors (Lipinski definition) is 3. The van der Waals surface area contributed by atoms with Crippen LogP contribution in [0.3, 0.4) is 0 Å². The highest BCUT2D eigenvalue weighted by Crippen LogP contribution is 2.22. The van der Waals surface area contributed by atoms with Crippen LogP contribution in [0.15, 0.2) is 42.5 Å². The predicted molar refractivity (Wildman–Crippen MR) is 73.1 cm³/mol. The molecule has 0 aliphatic carbocycles. The summed E-state index contributed by atoms with van der Waals surface area (Å²) >= 11 is 0. The second-order valence-corrected chi connectivity index (χ2v) is 4.44. The van der Waals surface area contributed by atoms with Crippen LogP contribution in [-0.4, -0.2) is 7.11 Å². The molecule has 0 fully saturated rings. The van der Waals surface area contributed by atoms with E-state index in [1.807, 2.05) is 24.3 Å². The molecule has 0 bridgehead atoms. The van der Waals surface area contributed by atoms with Crippen LogP contribution in [0.5, 0.6) is 5.75 Å². The van der Waals surface area contributed by atoms with E-state index in [2.05, 4.69) is 5.43 Å². The second kappa shape index (κ2) is 6.45. The van der Waals surface area contributed by atoms with Crippen LogP contribution < -0.4 is 16.0 Å². The molecule has 2 aromatic carbocycles. The molecule has 20 heavy (non-hydrogen) atoms. The first-order valence-corrected chi connectivity index (χ1v) is 6.18. The number of halogens is 2. The topological polar surface area (TPSA) is 47.3 Å². The highest BCUT2D eigenvalue weighted by atomic mass is 19.1. The van der Waals surface area contributed by atoms with Crippen molar-refractivity contribution in [3.05, 3.63) is 65.2 Å². The minimum Gasteiger partial charge on any atom is -0.497 e. The van der Waals surface area contributed by atoms with E-state index in [1.54, 1.807) is 7.11 Å². The highest BCUT2D eigenvalue weighted by molar-refractivity contribution is 5.30. The van der Waals surface area contributed by atoms with Crippen molar-refractivity contribution in [2.75, 3.05) is 7.11 Å². The second-order valence-electron chi connectivity index (χ2n) is 4.44. The standard InChI is InChI=1S/C15H16F2N2O/c1-20-12-5-2-10(3-6-12)8-15(19-18)13-9-11(16)4-7-14(13)17/h2-7,9,15,19H,8,18H2,1H3. The van der Waals surface area contributed by atoms with E-state index in [-0.39, 0.29) is 5.56 Å².